The minimum Gasteiger partial charge on any atom is -0.334 e. The summed E-state index contributed by atoms with van der Waals surface area (Å²) in [7, 11) is 0. The van der Waals surface area contributed by atoms with Crippen molar-refractivity contribution < 1.29 is 4.52 Å². The van der Waals surface area contributed by atoms with Crippen LogP contribution in [0.4, 0.5) is 0 Å². The highest BCUT2D eigenvalue weighted by Crippen LogP contribution is 2.16. The molecule has 0 bridgehead atoms. The van der Waals surface area contributed by atoms with Crippen LogP contribution in [0.2, 0.25) is 0 Å². The molecule has 0 aliphatic rings. The zero-order chi connectivity index (χ0) is 10.7. The van der Waals surface area contributed by atoms with Crippen LogP contribution in [-0.2, 0) is 0 Å². The monoisotopic (exact) mass is 200 g/mol. The molecule has 1 aromatic heterocycles. The first kappa shape index (κ1) is 9.65. The number of nitrogens with zero attached hydrogens (tertiary/aromatic N) is 2. The maximum atomic E-state index is 5.04. The lowest BCUT2D eigenvalue weighted by Crippen LogP contribution is -1.80. The molecule has 0 N–H and O–H groups in total. The molecule has 0 unspecified atom stereocenters. The SMILES string of the molecule is C/C=C/c1nc(-c2ccc(C)cc2)no1. The molecule has 0 spiro atoms. The Kier molecular flexibility index (Phi) is 2.63. The molecule has 0 radical (unpaired) electrons. The van der Waals surface area contributed by atoms with Crippen molar-refractivity contribution in [3.05, 3.63) is 41.8 Å². The number of rotatable bonds is 2. The molecule has 0 atom stereocenters. The van der Waals surface area contributed by atoms with E-state index in [2.05, 4.69) is 10.1 Å². The molecule has 0 aliphatic heterocycles. The van der Waals surface area contributed by atoms with Gasteiger partial charge in [-0.15, -0.1) is 0 Å². The fraction of sp³-hybridized carbons (Fsp3) is 0.167. The van der Waals surface area contributed by atoms with Gasteiger partial charge in [0, 0.05) is 5.56 Å². The fourth-order valence-corrected chi connectivity index (χ4v) is 1.27. The van der Waals surface area contributed by atoms with Crippen molar-refractivity contribution in [2.24, 2.45) is 0 Å². The molecular weight excluding hydrogens is 188 g/mol. The van der Waals surface area contributed by atoms with Crippen molar-refractivity contribution in [3.8, 4) is 11.4 Å². The number of hydrogen-bond acceptors (Lipinski definition) is 3. The molecular formula is C12H12N2O. The van der Waals surface area contributed by atoms with Crippen LogP contribution in [0.25, 0.3) is 17.5 Å². The second kappa shape index (κ2) is 4.09. The highest BCUT2D eigenvalue weighted by atomic mass is 16.5. The Morgan fingerprint density at radius 1 is 1.20 bits per heavy atom. The van der Waals surface area contributed by atoms with Crippen LogP contribution < -0.4 is 0 Å². The maximum Gasteiger partial charge on any atom is 0.250 e. The van der Waals surface area contributed by atoms with Gasteiger partial charge in [0.15, 0.2) is 0 Å². The molecule has 2 aromatic rings. The number of allylic oxidation sites excluding steroid dienone is 1. The summed E-state index contributed by atoms with van der Waals surface area (Å²) in [5.41, 5.74) is 2.19. The number of hydrogen-bond donors (Lipinski definition) is 0. The third-order valence-corrected chi connectivity index (χ3v) is 2.06. The standard InChI is InChI=1S/C12H12N2O/c1-3-4-11-13-12(14-15-11)10-7-5-9(2)6-8-10/h3-8H,1-2H3/b4-3+. The summed E-state index contributed by atoms with van der Waals surface area (Å²) in [5.74, 6) is 1.16. The van der Waals surface area contributed by atoms with E-state index in [4.69, 9.17) is 4.52 Å². The second-order valence-electron chi connectivity index (χ2n) is 3.32. The van der Waals surface area contributed by atoms with Gasteiger partial charge in [-0.25, -0.2) is 0 Å². The van der Waals surface area contributed by atoms with Crippen molar-refractivity contribution in [1.82, 2.24) is 10.1 Å². The van der Waals surface area contributed by atoms with Crippen LogP contribution in [0.5, 0.6) is 0 Å². The van der Waals surface area contributed by atoms with Gasteiger partial charge in [-0.05, 0) is 19.9 Å². The Morgan fingerprint density at radius 3 is 2.60 bits per heavy atom. The van der Waals surface area contributed by atoms with Gasteiger partial charge in [0.1, 0.15) is 0 Å². The Balaban J connectivity index is 2.33. The van der Waals surface area contributed by atoms with Gasteiger partial charge in [0.25, 0.3) is 5.89 Å². The quantitative estimate of drug-likeness (QED) is 0.747. The lowest BCUT2D eigenvalue weighted by Gasteiger charge is -1.93. The third kappa shape index (κ3) is 2.13. The average Bonchev–Trinajstić information content (AvgIpc) is 2.68. The van der Waals surface area contributed by atoms with Crippen LogP contribution in [0.15, 0.2) is 34.9 Å². The number of aromatic nitrogens is 2. The molecule has 3 nitrogen and oxygen atoms in total. The van der Waals surface area contributed by atoms with E-state index in [9.17, 15) is 0 Å². The summed E-state index contributed by atoms with van der Waals surface area (Å²) in [6.45, 7) is 3.96. The zero-order valence-electron chi connectivity index (χ0n) is 8.77. The molecule has 0 fully saturated rings. The summed E-state index contributed by atoms with van der Waals surface area (Å²) in [4.78, 5) is 4.24. The molecule has 3 heteroatoms. The topological polar surface area (TPSA) is 38.9 Å². The van der Waals surface area contributed by atoms with Crippen LogP contribution >= 0.6 is 0 Å². The minimum absolute atomic E-state index is 0.535. The van der Waals surface area contributed by atoms with E-state index in [1.807, 2.05) is 44.2 Å². The molecule has 1 aromatic carbocycles. The van der Waals surface area contributed by atoms with E-state index in [1.165, 1.54) is 5.56 Å². The van der Waals surface area contributed by atoms with E-state index >= 15 is 0 Å². The van der Waals surface area contributed by atoms with Crippen LogP contribution in [0, 0.1) is 6.92 Å². The molecule has 1 heterocycles. The van der Waals surface area contributed by atoms with Crippen molar-refractivity contribution in [3.63, 3.8) is 0 Å². The van der Waals surface area contributed by atoms with Crippen LogP contribution in [-0.4, -0.2) is 10.1 Å². The maximum absolute atomic E-state index is 5.04. The highest BCUT2D eigenvalue weighted by Gasteiger charge is 2.05. The second-order valence-corrected chi connectivity index (χ2v) is 3.32. The van der Waals surface area contributed by atoms with Gasteiger partial charge in [0.05, 0.1) is 0 Å². The Bertz CT molecular complexity index is 469. The van der Waals surface area contributed by atoms with E-state index in [1.54, 1.807) is 6.08 Å². The van der Waals surface area contributed by atoms with E-state index in [0.717, 1.165) is 5.56 Å². The Morgan fingerprint density at radius 2 is 1.93 bits per heavy atom. The predicted molar refractivity (Wildman–Crippen MR) is 59.2 cm³/mol. The van der Waals surface area contributed by atoms with Gasteiger partial charge in [-0.1, -0.05) is 41.1 Å². The van der Waals surface area contributed by atoms with Crippen molar-refractivity contribution in [2.45, 2.75) is 13.8 Å². The molecule has 2 rings (SSSR count). The minimum atomic E-state index is 0.535. The lowest BCUT2D eigenvalue weighted by molar-refractivity contribution is 0.411. The first-order chi connectivity index (χ1) is 7.29. The first-order valence-electron chi connectivity index (χ1n) is 4.83. The Labute approximate surface area is 88.4 Å². The summed E-state index contributed by atoms with van der Waals surface area (Å²) in [5, 5.41) is 3.90. The fourth-order valence-electron chi connectivity index (χ4n) is 1.27. The molecule has 76 valence electrons. The van der Waals surface area contributed by atoms with Crippen LogP contribution in [0.3, 0.4) is 0 Å². The highest BCUT2D eigenvalue weighted by molar-refractivity contribution is 5.55. The molecule has 0 amide bonds. The van der Waals surface area contributed by atoms with Gasteiger partial charge in [-0.2, -0.15) is 4.98 Å². The normalized spacial score (nSPS) is 11.1. The number of benzene rings is 1. The largest absolute Gasteiger partial charge is 0.334 e. The summed E-state index contributed by atoms with van der Waals surface area (Å²) in [6, 6.07) is 8.03. The smallest absolute Gasteiger partial charge is 0.250 e. The molecule has 15 heavy (non-hydrogen) atoms. The third-order valence-electron chi connectivity index (χ3n) is 2.06. The van der Waals surface area contributed by atoms with Crippen molar-refractivity contribution >= 4 is 6.08 Å². The van der Waals surface area contributed by atoms with Gasteiger partial charge < -0.3 is 4.52 Å². The van der Waals surface area contributed by atoms with Gasteiger partial charge in [0.2, 0.25) is 5.82 Å². The Hall–Kier alpha value is -1.90. The van der Waals surface area contributed by atoms with Crippen LogP contribution in [0.1, 0.15) is 18.4 Å². The van der Waals surface area contributed by atoms with E-state index in [0.29, 0.717) is 11.7 Å². The van der Waals surface area contributed by atoms with Crippen molar-refractivity contribution in [1.29, 1.82) is 0 Å². The number of aryl methyl sites for hydroxylation is 1. The summed E-state index contributed by atoms with van der Waals surface area (Å²) >= 11 is 0. The van der Waals surface area contributed by atoms with Crippen molar-refractivity contribution in [2.75, 3.05) is 0 Å². The lowest BCUT2D eigenvalue weighted by atomic mass is 10.1. The predicted octanol–water partition coefficient (Wildman–Crippen LogP) is 3.08. The van der Waals surface area contributed by atoms with Gasteiger partial charge >= 0.3 is 0 Å². The average molecular weight is 200 g/mol. The molecule has 0 saturated heterocycles. The summed E-state index contributed by atoms with van der Waals surface area (Å²) in [6.07, 6.45) is 3.65. The zero-order valence-corrected chi connectivity index (χ0v) is 8.77. The van der Waals surface area contributed by atoms with E-state index in [-0.39, 0.29) is 0 Å². The van der Waals surface area contributed by atoms with E-state index < -0.39 is 0 Å². The van der Waals surface area contributed by atoms with Gasteiger partial charge in [-0.3, -0.25) is 0 Å². The first-order valence-corrected chi connectivity index (χ1v) is 4.83. The molecule has 0 aliphatic carbocycles. The summed E-state index contributed by atoms with van der Waals surface area (Å²) < 4.78 is 5.04. The molecule has 0 saturated carbocycles.